The number of nitrogens with one attached hydrogen (secondary N) is 1. The Morgan fingerprint density at radius 3 is 3.16 bits per heavy atom. The molecule has 19 heavy (non-hydrogen) atoms. The van der Waals surface area contributed by atoms with Gasteiger partial charge < -0.3 is 19.9 Å². The highest BCUT2D eigenvalue weighted by atomic mass is 16.5. The predicted octanol–water partition coefficient (Wildman–Crippen LogP) is 0.360. The van der Waals surface area contributed by atoms with Crippen LogP contribution in [0.4, 0.5) is 0 Å². The van der Waals surface area contributed by atoms with Crippen LogP contribution in [0.5, 0.6) is 5.75 Å². The number of rotatable bonds is 5. The fourth-order valence-electron chi connectivity index (χ4n) is 1.97. The number of hydrogen-bond donors (Lipinski definition) is 2. The third-order valence-corrected chi connectivity index (χ3v) is 2.88. The summed E-state index contributed by atoms with van der Waals surface area (Å²) in [5.41, 5.74) is 0.183. The molecule has 1 fully saturated rings. The fraction of sp³-hybridized carbons (Fsp3) is 0.538. The van der Waals surface area contributed by atoms with Crippen LogP contribution < -0.4 is 10.1 Å². The normalized spacial score (nSPS) is 22.2. The monoisotopic (exact) mass is 266 g/mol. The molecule has 0 saturated carbocycles. The molecule has 1 aromatic rings. The summed E-state index contributed by atoms with van der Waals surface area (Å²) in [4.78, 5) is 15.7. The van der Waals surface area contributed by atoms with Gasteiger partial charge in [-0.15, -0.1) is 0 Å². The summed E-state index contributed by atoms with van der Waals surface area (Å²) in [7, 11) is 0. The van der Waals surface area contributed by atoms with Crippen LogP contribution >= 0.6 is 0 Å². The molecule has 6 nitrogen and oxygen atoms in total. The second-order valence-electron chi connectivity index (χ2n) is 4.38. The van der Waals surface area contributed by atoms with Crippen LogP contribution in [0.25, 0.3) is 0 Å². The summed E-state index contributed by atoms with van der Waals surface area (Å²) in [6.45, 7) is 3.00. The zero-order chi connectivity index (χ0) is 13.7. The topological polar surface area (TPSA) is 80.7 Å². The number of nitrogens with zero attached hydrogens (tertiary/aromatic N) is 1. The van der Waals surface area contributed by atoms with Crippen LogP contribution in [0.2, 0.25) is 0 Å². The lowest BCUT2D eigenvalue weighted by atomic mass is 10.2. The Labute approximate surface area is 111 Å². The van der Waals surface area contributed by atoms with Gasteiger partial charge in [0.15, 0.2) is 11.4 Å². The average molecular weight is 266 g/mol. The van der Waals surface area contributed by atoms with Gasteiger partial charge >= 0.3 is 5.97 Å². The summed E-state index contributed by atoms with van der Waals surface area (Å²) in [6.07, 6.45) is 1.85. The first-order chi connectivity index (χ1) is 9.20. The zero-order valence-electron chi connectivity index (χ0n) is 10.8. The van der Waals surface area contributed by atoms with Gasteiger partial charge in [-0.2, -0.15) is 0 Å². The molecule has 1 aliphatic heterocycles. The molecular formula is C13H18N2O4. The van der Waals surface area contributed by atoms with E-state index in [1.165, 1.54) is 6.20 Å². The molecule has 0 unspecified atom stereocenters. The molecule has 0 aromatic carbocycles. The Morgan fingerprint density at radius 2 is 2.47 bits per heavy atom. The van der Waals surface area contributed by atoms with E-state index in [9.17, 15) is 9.90 Å². The minimum Gasteiger partial charge on any atom is -0.489 e. The second kappa shape index (κ2) is 6.49. The third kappa shape index (κ3) is 3.65. The van der Waals surface area contributed by atoms with Gasteiger partial charge in [0.25, 0.3) is 0 Å². The Morgan fingerprint density at radius 1 is 1.63 bits per heavy atom. The summed E-state index contributed by atoms with van der Waals surface area (Å²) < 4.78 is 10.5. The van der Waals surface area contributed by atoms with E-state index >= 15 is 0 Å². The molecule has 2 atom stereocenters. The Hall–Kier alpha value is -1.66. The molecule has 1 saturated heterocycles. The van der Waals surface area contributed by atoms with Crippen molar-refractivity contribution < 1.29 is 19.4 Å². The summed E-state index contributed by atoms with van der Waals surface area (Å²) >= 11 is 0. The number of ether oxygens (including phenoxy) is 2. The Kier molecular flexibility index (Phi) is 4.70. The van der Waals surface area contributed by atoms with E-state index in [2.05, 4.69) is 10.3 Å². The quantitative estimate of drug-likeness (QED) is 0.749. The van der Waals surface area contributed by atoms with Crippen molar-refractivity contribution in [2.45, 2.75) is 25.5 Å². The maximum absolute atomic E-state index is 11.7. The molecule has 0 amide bonds. The molecule has 0 radical (unpaired) electrons. The summed E-state index contributed by atoms with van der Waals surface area (Å²) in [6, 6.07) is 3.48. The van der Waals surface area contributed by atoms with Gasteiger partial charge in [-0.1, -0.05) is 0 Å². The standard InChI is InChI=1S/C13H18N2O4/c1-2-18-13(17)12-11(4-3-5-14-12)19-8-9-6-10(16)7-15-9/h3-5,9-10,15-16H,2,6-8H2,1H3/t9-,10+/m1/s1. The largest absolute Gasteiger partial charge is 0.489 e. The SMILES string of the molecule is CCOC(=O)c1ncccc1OC[C@H]1C[C@H](O)CN1. The lowest BCUT2D eigenvalue weighted by molar-refractivity contribution is 0.0513. The van der Waals surface area contributed by atoms with Gasteiger partial charge in [-0.25, -0.2) is 9.78 Å². The van der Waals surface area contributed by atoms with Crippen molar-refractivity contribution in [3.63, 3.8) is 0 Å². The van der Waals surface area contributed by atoms with Crippen molar-refractivity contribution >= 4 is 5.97 Å². The van der Waals surface area contributed by atoms with E-state index in [0.29, 0.717) is 31.9 Å². The number of carbonyl (C=O) groups excluding carboxylic acids is 1. The highest BCUT2D eigenvalue weighted by Crippen LogP contribution is 2.17. The minimum atomic E-state index is -0.488. The van der Waals surface area contributed by atoms with E-state index < -0.39 is 5.97 Å². The maximum atomic E-state index is 11.7. The van der Waals surface area contributed by atoms with Crippen LogP contribution in [0.15, 0.2) is 18.3 Å². The number of aliphatic hydroxyl groups is 1. The van der Waals surface area contributed by atoms with Gasteiger partial charge in [0, 0.05) is 18.8 Å². The van der Waals surface area contributed by atoms with Crippen LogP contribution in [-0.2, 0) is 4.74 Å². The molecule has 2 heterocycles. The van der Waals surface area contributed by atoms with E-state index in [1.54, 1.807) is 19.1 Å². The number of esters is 1. The van der Waals surface area contributed by atoms with E-state index in [-0.39, 0.29) is 17.8 Å². The first-order valence-electron chi connectivity index (χ1n) is 6.37. The van der Waals surface area contributed by atoms with E-state index in [4.69, 9.17) is 9.47 Å². The van der Waals surface area contributed by atoms with Crippen molar-refractivity contribution in [1.29, 1.82) is 0 Å². The molecule has 1 aliphatic rings. The highest BCUT2D eigenvalue weighted by Gasteiger charge is 2.23. The van der Waals surface area contributed by atoms with Gasteiger partial charge in [0.05, 0.1) is 12.7 Å². The number of β-amino-alcohol motifs (C(OH)–C–C–N with tert-alkyl or cyclic N) is 1. The summed E-state index contributed by atoms with van der Waals surface area (Å²) in [5, 5.41) is 12.5. The molecular weight excluding hydrogens is 248 g/mol. The minimum absolute atomic E-state index is 0.0882. The number of aliphatic hydroxyl groups excluding tert-OH is 1. The molecule has 0 bridgehead atoms. The van der Waals surface area contributed by atoms with Crippen molar-refractivity contribution in [1.82, 2.24) is 10.3 Å². The smallest absolute Gasteiger partial charge is 0.360 e. The van der Waals surface area contributed by atoms with Gasteiger partial charge in [-0.05, 0) is 25.5 Å². The molecule has 1 aromatic heterocycles. The Bertz CT molecular complexity index is 438. The first-order valence-corrected chi connectivity index (χ1v) is 6.37. The summed E-state index contributed by atoms with van der Waals surface area (Å²) in [5.74, 6) is -0.0818. The van der Waals surface area contributed by atoms with Crippen LogP contribution in [0.1, 0.15) is 23.8 Å². The van der Waals surface area contributed by atoms with Crippen LogP contribution in [-0.4, -0.2) is 48.0 Å². The third-order valence-electron chi connectivity index (χ3n) is 2.88. The van der Waals surface area contributed by atoms with E-state index in [1.807, 2.05) is 0 Å². The van der Waals surface area contributed by atoms with Crippen molar-refractivity contribution in [2.75, 3.05) is 19.8 Å². The molecule has 6 heteroatoms. The highest BCUT2D eigenvalue weighted by molar-refractivity contribution is 5.90. The Balaban J connectivity index is 1.97. The molecule has 104 valence electrons. The van der Waals surface area contributed by atoms with Gasteiger partial charge in [0.2, 0.25) is 0 Å². The zero-order valence-corrected chi connectivity index (χ0v) is 10.8. The number of hydrogen-bond acceptors (Lipinski definition) is 6. The first kappa shape index (κ1) is 13.8. The predicted molar refractivity (Wildman–Crippen MR) is 68.1 cm³/mol. The van der Waals surface area contributed by atoms with Crippen molar-refractivity contribution in [3.8, 4) is 5.75 Å². The molecule has 0 aliphatic carbocycles. The van der Waals surface area contributed by atoms with Crippen LogP contribution in [0.3, 0.4) is 0 Å². The molecule has 2 N–H and O–H groups in total. The van der Waals surface area contributed by atoms with Crippen molar-refractivity contribution in [2.24, 2.45) is 0 Å². The van der Waals surface area contributed by atoms with Gasteiger partial charge in [0.1, 0.15) is 6.61 Å². The second-order valence-corrected chi connectivity index (χ2v) is 4.38. The maximum Gasteiger partial charge on any atom is 0.360 e. The molecule has 0 spiro atoms. The van der Waals surface area contributed by atoms with Crippen LogP contribution in [0, 0.1) is 0 Å². The lowest BCUT2D eigenvalue weighted by Crippen LogP contribution is -2.28. The van der Waals surface area contributed by atoms with Crippen molar-refractivity contribution in [3.05, 3.63) is 24.0 Å². The number of aromatic nitrogens is 1. The lowest BCUT2D eigenvalue weighted by Gasteiger charge is -2.13. The average Bonchev–Trinajstić information content (AvgIpc) is 2.83. The van der Waals surface area contributed by atoms with E-state index in [0.717, 1.165) is 0 Å². The number of carbonyl (C=O) groups is 1. The van der Waals surface area contributed by atoms with Gasteiger partial charge in [-0.3, -0.25) is 0 Å². The molecule has 2 rings (SSSR count). The number of pyridine rings is 1. The fourth-order valence-corrected chi connectivity index (χ4v) is 1.97.